The van der Waals surface area contributed by atoms with E-state index in [4.69, 9.17) is 18.9 Å². The lowest BCUT2D eigenvalue weighted by Crippen LogP contribution is -2.50. The Morgan fingerprint density at radius 1 is 1.07 bits per heavy atom. The van der Waals surface area contributed by atoms with Gasteiger partial charge in [0.05, 0.1) is 23.4 Å². The van der Waals surface area contributed by atoms with E-state index in [1.807, 2.05) is 23.0 Å². The minimum absolute atomic E-state index is 0.0918. The zero-order valence-electron chi connectivity index (χ0n) is 26.9. The predicted molar refractivity (Wildman–Crippen MR) is 172 cm³/mol. The van der Waals surface area contributed by atoms with Crippen LogP contribution in [0, 0.1) is 12.3 Å². The third-order valence-electron chi connectivity index (χ3n) is 8.47. The molecule has 1 aliphatic rings. The van der Waals surface area contributed by atoms with Crippen molar-refractivity contribution in [3.05, 3.63) is 43.5 Å². The van der Waals surface area contributed by atoms with Crippen molar-refractivity contribution >= 4 is 25.0 Å². The number of aromatic nitrogens is 3. The van der Waals surface area contributed by atoms with E-state index < -0.39 is 8.32 Å². The molecule has 0 saturated carbocycles. The van der Waals surface area contributed by atoms with Crippen LogP contribution < -0.4 is 10.1 Å². The molecule has 2 atom stereocenters. The van der Waals surface area contributed by atoms with Crippen LogP contribution in [0.4, 0.5) is 5.69 Å². The molecular weight excluding hydrogens is 528 g/mol. The Bertz CT molecular complexity index is 1320. The first-order valence-corrected chi connectivity index (χ1v) is 18.0. The van der Waals surface area contributed by atoms with Crippen molar-refractivity contribution < 1.29 is 13.9 Å². The highest BCUT2D eigenvalue weighted by atomic mass is 28.4. The van der Waals surface area contributed by atoms with Crippen molar-refractivity contribution in [2.24, 2.45) is 5.41 Å². The molecule has 225 valence electrons. The Kier molecular flexibility index (Phi) is 9.27. The highest BCUT2D eigenvalue weighted by molar-refractivity contribution is 6.74. The second-order valence-electron chi connectivity index (χ2n) is 14.4. The summed E-state index contributed by atoms with van der Waals surface area (Å²) in [4.78, 5) is 5.11. The summed E-state index contributed by atoms with van der Waals surface area (Å²) >= 11 is 0. The van der Waals surface area contributed by atoms with Crippen LogP contribution in [0.1, 0.15) is 74.3 Å². The standard InChI is InChI=1S/C33H51N4O3Si/c1-22(2)37-31-27(21-34-37)29(35-25-15-17-38-18-16-25)20-28(36-31)24-13-12-14-26(19-24)39-30(32(4,5)6)23(3)40-41(10,11)33(7,8)9/h12-14,19-23,25,30H,3,15-18H2,1-2,4-11H3,(H,35,36). The molecule has 2 unspecified atom stereocenters. The number of rotatable bonds is 9. The van der Waals surface area contributed by atoms with Gasteiger partial charge in [-0.1, -0.05) is 53.7 Å². The summed E-state index contributed by atoms with van der Waals surface area (Å²) in [7, 11) is -2.03. The largest absolute Gasteiger partial charge is 0.487 e. The maximum Gasteiger partial charge on any atom is 0.192 e. The average molecular weight is 580 g/mol. The van der Waals surface area contributed by atoms with Gasteiger partial charge in [0.1, 0.15) is 11.9 Å². The molecule has 0 amide bonds. The predicted octanol–water partition coefficient (Wildman–Crippen LogP) is 8.29. The number of anilines is 1. The molecule has 8 heteroatoms. The summed E-state index contributed by atoms with van der Waals surface area (Å²) in [5, 5.41) is 9.59. The first-order valence-electron chi connectivity index (χ1n) is 15.1. The van der Waals surface area contributed by atoms with Gasteiger partial charge in [-0.3, -0.25) is 0 Å². The van der Waals surface area contributed by atoms with Gasteiger partial charge in [-0.2, -0.15) is 5.10 Å². The van der Waals surface area contributed by atoms with Crippen molar-refractivity contribution in [1.29, 1.82) is 0 Å². The van der Waals surface area contributed by atoms with E-state index in [0.717, 1.165) is 59.8 Å². The maximum atomic E-state index is 6.71. The monoisotopic (exact) mass is 579 g/mol. The zero-order valence-corrected chi connectivity index (χ0v) is 27.9. The Morgan fingerprint density at radius 3 is 2.37 bits per heavy atom. The number of nitrogens with zero attached hydrogens (tertiary/aromatic N) is 3. The third-order valence-corrected chi connectivity index (χ3v) is 13.0. The molecule has 41 heavy (non-hydrogen) atoms. The molecule has 1 fully saturated rings. The van der Waals surface area contributed by atoms with E-state index in [-0.39, 0.29) is 28.7 Å². The minimum atomic E-state index is -2.03. The van der Waals surface area contributed by atoms with Crippen molar-refractivity contribution in [3.8, 4) is 17.0 Å². The van der Waals surface area contributed by atoms with Gasteiger partial charge in [0, 0.05) is 42.0 Å². The van der Waals surface area contributed by atoms with E-state index in [0.29, 0.717) is 6.04 Å². The van der Waals surface area contributed by atoms with Crippen LogP contribution in [0.25, 0.3) is 22.3 Å². The van der Waals surface area contributed by atoms with Crippen LogP contribution in [0.5, 0.6) is 5.75 Å². The van der Waals surface area contributed by atoms with Gasteiger partial charge in [0.15, 0.2) is 14.0 Å². The number of nitrogens with one attached hydrogen (secondary N) is 1. The molecule has 1 radical (unpaired) electrons. The smallest absolute Gasteiger partial charge is 0.192 e. The first-order chi connectivity index (χ1) is 19.1. The Labute approximate surface area is 248 Å². The number of fused-ring (bicyclic) bond motifs is 1. The van der Waals surface area contributed by atoms with Gasteiger partial charge >= 0.3 is 0 Å². The molecular formula is C33H51N4O3Si. The molecule has 3 aromatic rings. The van der Waals surface area contributed by atoms with E-state index >= 15 is 0 Å². The summed E-state index contributed by atoms with van der Waals surface area (Å²) in [5.74, 6) is 0.785. The molecule has 4 rings (SSSR count). The quantitative estimate of drug-likeness (QED) is 0.257. The lowest BCUT2D eigenvalue weighted by molar-refractivity contribution is 0.000982. The lowest BCUT2D eigenvalue weighted by atomic mass is 9.86. The minimum Gasteiger partial charge on any atom is -0.487 e. The van der Waals surface area contributed by atoms with Crippen molar-refractivity contribution in [2.75, 3.05) is 18.5 Å². The molecule has 0 aliphatic carbocycles. The summed E-state index contributed by atoms with van der Waals surface area (Å²) in [6.07, 6.45) is 3.37. The third kappa shape index (κ3) is 7.33. The summed E-state index contributed by atoms with van der Waals surface area (Å²) < 4.78 is 21.0. The lowest BCUT2D eigenvalue weighted by Gasteiger charge is -2.43. The van der Waals surface area contributed by atoms with Crippen LogP contribution in [-0.4, -0.2) is 54.5 Å². The summed E-state index contributed by atoms with van der Waals surface area (Å²) in [6, 6.07) is 10.9. The SMILES string of the molecule is [CH2]C(O[Si](C)(C)C(C)(C)C)C(Oc1cccc(-c2cc(NC3CCOCC3)c3cnn(C(C)C)c3n2)c1)C(C)(C)C. The number of benzene rings is 1. The van der Waals surface area contributed by atoms with Gasteiger partial charge in [-0.05, 0) is 69.9 Å². The maximum absolute atomic E-state index is 6.71. The Balaban J connectivity index is 1.68. The van der Waals surface area contributed by atoms with Crippen molar-refractivity contribution in [3.63, 3.8) is 0 Å². The molecule has 3 heterocycles. The molecule has 7 nitrogen and oxygen atoms in total. The molecule has 1 N–H and O–H groups in total. The van der Waals surface area contributed by atoms with Crippen LogP contribution >= 0.6 is 0 Å². The molecule has 2 aromatic heterocycles. The summed E-state index contributed by atoms with van der Waals surface area (Å²) in [5.41, 5.74) is 3.65. The fourth-order valence-corrected chi connectivity index (χ4v) is 6.26. The van der Waals surface area contributed by atoms with Gasteiger partial charge in [-0.25, -0.2) is 9.67 Å². The Hall–Kier alpha value is -2.42. The van der Waals surface area contributed by atoms with Crippen LogP contribution in [0.2, 0.25) is 18.1 Å². The van der Waals surface area contributed by atoms with Gasteiger partial charge in [0.25, 0.3) is 0 Å². The molecule has 1 saturated heterocycles. The average Bonchev–Trinajstić information content (AvgIpc) is 3.31. The summed E-state index contributed by atoms with van der Waals surface area (Å²) in [6.45, 7) is 28.1. The number of hydrogen-bond acceptors (Lipinski definition) is 6. The normalized spacial score (nSPS) is 17.2. The van der Waals surface area contributed by atoms with Gasteiger partial charge < -0.3 is 19.2 Å². The van der Waals surface area contributed by atoms with Gasteiger partial charge in [0.2, 0.25) is 0 Å². The second kappa shape index (κ2) is 12.1. The first kappa shape index (κ1) is 31.5. The highest BCUT2D eigenvalue weighted by Crippen LogP contribution is 2.40. The number of hydrogen-bond donors (Lipinski definition) is 1. The fraction of sp³-hybridized carbons (Fsp3) is 0.606. The number of pyridine rings is 1. The van der Waals surface area contributed by atoms with Crippen LogP contribution in [0.3, 0.4) is 0 Å². The zero-order chi connectivity index (χ0) is 30.2. The second-order valence-corrected chi connectivity index (χ2v) is 19.1. The molecule has 1 aliphatic heterocycles. The van der Waals surface area contributed by atoms with E-state index in [1.54, 1.807) is 0 Å². The van der Waals surface area contributed by atoms with Crippen LogP contribution in [0.15, 0.2) is 36.5 Å². The highest BCUT2D eigenvalue weighted by Gasteiger charge is 2.42. The van der Waals surface area contributed by atoms with E-state index in [1.165, 1.54) is 0 Å². The van der Waals surface area contributed by atoms with E-state index in [2.05, 4.69) is 104 Å². The molecule has 0 bridgehead atoms. The Morgan fingerprint density at radius 2 is 1.76 bits per heavy atom. The van der Waals surface area contributed by atoms with Crippen molar-refractivity contribution in [2.45, 2.75) is 111 Å². The van der Waals surface area contributed by atoms with Crippen molar-refractivity contribution in [1.82, 2.24) is 14.8 Å². The number of ether oxygens (including phenoxy) is 2. The van der Waals surface area contributed by atoms with Gasteiger partial charge in [-0.15, -0.1) is 0 Å². The van der Waals surface area contributed by atoms with E-state index in [9.17, 15) is 0 Å². The van der Waals surface area contributed by atoms with Crippen LogP contribution in [-0.2, 0) is 9.16 Å². The molecule has 1 aromatic carbocycles. The topological polar surface area (TPSA) is 70.4 Å². The molecule has 0 spiro atoms. The fourth-order valence-electron chi connectivity index (χ4n) is 5.03.